The van der Waals surface area contributed by atoms with Gasteiger partial charge >= 0.3 is 6.61 Å². The topological polar surface area (TPSA) is 26.5 Å². The van der Waals surface area contributed by atoms with Gasteiger partial charge in [0.05, 0.1) is 15.9 Å². The fourth-order valence-corrected chi connectivity index (χ4v) is 3.40. The summed E-state index contributed by atoms with van der Waals surface area (Å²) in [6.45, 7) is -2.81. The molecule has 0 saturated heterocycles. The van der Waals surface area contributed by atoms with Crippen LogP contribution >= 0.6 is 11.3 Å². The van der Waals surface area contributed by atoms with Crippen molar-refractivity contribution >= 4 is 26.5 Å². The lowest BCUT2D eigenvalue weighted by Crippen LogP contribution is -2.01. The molecule has 2 aromatic carbocycles. The van der Waals surface area contributed by atoms with Crippen LogP contribution in [0.3, 0.4) is 0 Å². The minimum Gasteiger partial charge on any atom is -0.435 e. The van der Waals surface area contributed by atoms with Crippen molar-refractivity contribution in [2.45, 2.75) is 6.61 Å². The number of fused-ring (bicyclic) bond motifs is 3. The Labute approximate surface area is 128 Å². The number of rotatable bonds is 3. The molecule has 0 saturated carbocycles. The predicted molar refractivity (Wildman–Crippen MR) is 82.6 cm³/mol. The van der Waals surface area contributed by atoms with Crippen LogP contribution in [-0.2, 0) is 0 Å². The molecular weight excluding hydrogens is 306 g/mol. The Kier molecular flexibility index (Phi) is 3.04. The van der Waals surface area contributed by atoms with E-state index in [-0.39, 0.29) is 5.75 Å². The van der Waals surface area contributed by atoms with Crippen molar-refractivity contribution in [2.24, 2.45) is 0 Å². The Morgan fingerprint density at radius 1 is 1.05 bits per heavy atom. The molecule has 6 heteroatoms. The van der Waals surface area contributed by atoms with E-state index in [0.29, 0.717) is 0 Å². The highest BCUT2D eigenvalue weighted by molar-refractivity contribution is 7.23. The second-order valence-corrected chi connectivity index (χ2v) is 5.76. The third-order valence-corrected chi connectivity index (χ3v) is 4.41. The van der Waals surface area contributed by atoms with Crippen molar-refractivity contribution < 1.29 is 13.5 Å². The molecule has 0 N–H and O–H groups in total. The lowest BCUT2D eigenvalue weighted by Gasteiger charge is -2.04. The molecule has 3 nitrogen and oxygen atoms in total. The molecule has 2 heterocycles. The number of alkyl halides is 2. The Morgan fingerprint density at radius 2 is 1.82 bits per heavy atom. The van der Waals surface area contributed by atoms with Gasteiger partial charge in [-0.15, -0.1) is 0 Å². The van der Waals surface area contributed by atoms with Crippen LogP contribution in [0.2, 0.25) is 0 Å². The van der Waals surface area contributed by atoms with Gasteiger partial charge in [0, 0.05) is 11.8 Å². The third-order valence-electron chi connectivity index (χ3n) is 3.37. The number of imidazole rings is 1. The number of thiazole rings is 1. The molecule has 0 bridgehead atoms. The largest absolute Gasteiger partial charge is 0.435 e. The first-order chi connectivity index (χ1) is 10.7. The number of hydrogen-bond donors (Lipinski definition) is 0. The van der Waals surface area contributed by atoms with E-state index in [2.05, 4.69) is 15.8 Å². The van der Waals surface area contributed by atoms with Gasteiger partial charge in [-0.25, -0.2) is 4.98 Å². The van der Waals surface area contributed by atoms with Gasteiger partial charge in [-0.05, 0) is 36.4 Å². The number of hydrogen-bond acceptors (Lipinski definition) is 3. The molecule has 22 heavy (non-hydrogen) atoms. The molecule has 0 amide bonds. The minimum absolute atomic E-state index is 0.144. The minimum atomic E-state index is -2.81. The van der Waals surface area contributed by atoms with Crippen LogP contribution in [0.15, 0.2) is 54.7 Å². The van der Waals surface area contributed by atoms with E-state index < -0.39 is 6.61 Å². The van der Waals surface area contributed by atoms with Gasteiger partial charge in [0.25, 0.3) is 0 Å². The Hall–Kier alpha value is -2.47. The van der Waals surface area contributed by atoms with Gasteiger partial charge in [0.15, 0.2) is 4.96 Å². The molecule has 0 spiro atoms. The van der Waals surface area contributed by atoms with E-state index in [1.807, 2.05) is 28.8 Å². The molecule has 0 unspecified atom stereocenters. The second kappa shape index (κ2) is 5.06. The van der Waals surface area contributed by atoms with E-state index in [9.17, 15) is 8.78 Å². The molecule has 4 rings (SSSR count). The summed E-state index contributed by atoms with van der Waals surface area (Å²) in [4.78, 5) is 5.51. The van der Waals surface area contributed by atoms with Crippen LogP contribution < -0.4 is 4.74 Å². The standard InChI is InChI=1S/C16H10F2N2OS/c17-15(18)21-11-7-5-10(6-8-11)12-9-20-13-3-1-2-4-14(13)22-16(20)19-12/h1-9,15H. The van der Waals surface area contributed by atoms with Crippen molar-refractivity contribution in [1.29, 1.82) is 0 Å². The lowest BCUT2D eigenvalue weighted by molar-refractivity contribution is -0.0498. The van der Waals surface area contributed by atoms with Crippen LogP contribution in [0.1, 0.15) is 0 Å². The number of ether oxygens (including phenoxy) is 1. The number of aromatic nitrogens is 2. The summed E-state index contributed by atoms with van der Waals surface area (Å²) in [7, 11) is 0. The van der Waals surface area contributed by atoms with E-state index in [4.69, 9.17) is 0 Å². The summed E-state index contributed by atoms with van der Waals surface area (Å²) in [5.41, 5.74) is 2.78. The Morgan fingerprint density at radius 3 is 2.59 bits per heavy atom. The zero-order valence-electron chi connectivity index (χ0n) is 11.2. The monoisotopic (exact) mass is 316 g/mol. The maximum absolute atomic E-state index is 12.2. The molecule has 0 aliphatic carbocycles. The Balaban J connectivity index is 1.74. The normalized spacial score (nSPS) is 11.6. The van der Waals surface area contributed by atoms with Gasteiger partial charge in [-0.1, -0.05) is 23.5 Å². The van der Waals surface area contributed by atoms with Gasteiger partial charge in [-0.2, -0.15) is 8.78 Å². The van der Waals surface area contributed by atoms with Crippen LogP contribution in [0.4, 0.5) is 8.78 Å². The Bertz CT molecular complexity index is 944. The maximum Gasteiger partial charge on any atom is 0.387 e. The van der Waals surface area contributed by atoms with E-state index in [1.165, 1.54) is 16.8 Å². The smallest absolute Gasteiger partial charge is 0.387 e. The molecule has 4 aromatic rings. The summed E-state index contributed by atoms with van der Waals surface area (Å²) < 4.78 is 31.9. The molecule has 110 valence electrons. The summed E-state index contributed by atoms with van der Waals surface area (Å²) in [5, 5.41) is 0. The zero-order valence-corrected chi connectivity index (χ0v) is 12.1. The highest BCUT2D eigenvalue weighted by atomic mass is 32.1. The highest BCUT2D eigenvalue weighted by Gasteiger charge is 2.10. The first-order valence-electron chi connectivity index (χ1n) is 6.62. The van der Waals surface area contributed by atoms with Gasteiger partial charge in [0.1, 0.15) is 5.75 Å². The zero-order chi connectivity index (χ0) is 15.1. The molecule has 0 aliphatic rings. The summed E-state index contributed by atoms with van der Waals surface area (Å²) >= 11 is 1.62. The van der Waals surface area contributed by atoms with Crippen molar-refractivity contribution in [1.82, 2.24) is 9.38 Å². The molecule has 0 aliphatic heterocycles. The fraction of sp³-hybridized carbons (Fsp3) is 0.0625. The van der Waals surface area contributed by atoms with Crippen LogP contribution in [-0.4, -0.2) is 16.0 Å². The van der Waals surface area contributed by atoms with E-state index in [0.717, 1.165) is 21.7 Å². The number of para-hydroxylation sites is 1. The number of benzene rings is 2. The van der Waals surface area contributed by atoms with Crippen LogP contribution in [0, 0.1) is 0 Å². The fourth-order valence-electron chi connectivity index (χ4n) is 2.39. The number of nitrogens with zero attached hydrogens (tertiary/aromatic N) is 2. The third kappa shape index (κ3) is 2.21. The van der Waals surface area contributed by atoms with Crippen LogP contribution in [0.5, 0.6) is 5.75 Å². The van der Waals surface area contributed by atoms with Crippen molar-refractivity contribution in [2.75, 3.05) is 0 Å². The first kappa shape index (κ1) is 13.2. The van der Waals surface area contributed by atoms with Crippen molar-refractivity contribution in [3.05, 3.63) is 54.7 Å². The molecule has 0 atom stereocenters. The summed E-state index contributed by atoms with van der Waals surface area (Å²) in [6.07, 6.45) is 1.96. The lowest BCUT2D eigenvalue weighted by atomic mass is 10.2. The first-order valence-corrected chi connectivity index (χ1v) is 7.44. The molecule has 2 aromatic heterocycles. The maximum atomic E-state index is 12.2. The van der Waals surface area contributed by atoms with Crippen molar-refractivity contribution in [3.8, 4) is 17.0 Å². The quantitative estimate of drug-likeness (QED) is 0.542. The SMILES string of the molecule is FC(F)Oc1ccc(-c2cn3c(n2)sc2ccccc23)cc1. The average molecular weight is 316 g/mol. The van der Waals surface area contributed by atoms with Gasteiger partial charge in [0.2, 0.25) is 0 Å². The van der Waals surface area contributed by atoms with Crippen molar-refractivity contribution in [3.63, 3.8) is 0 Å². The van der Waals surface area contributed by atoms with Gasteiger partial charge in [-0.3, -0.25) is 4.40 Å². The summed E-state index contributed by atoms with van der Waals surface area (Å²) in [6, 6.07) is 14.6. The molecular formula is C16H10F2N2OS. The second-order valence-electron chi connectivity index (χ2n) is 4.75. The predicted octanol–water partition coefficient (Wildman–Crippen LogP) is 4.82. The van der Waals surface area contributed by atoms with Gasteiger partial charge < -0.3 is 4.74 Å². The average Bonchev–Trinajstić information content (AvgIpc) is 3.05. The summed E-state index contributed by atoms with van der Waals surface area (Å²) in [5.74, 6) is 0.144. The number of halogens is 2. The van der Waals surface area contributed by atoms with E-state index >= 15 is 0 Å². The molecule has 0 fully saturated rings. The van der Waals surface area contributed by atoms with Crippen LogP contribution in [0.25, 0.3) is 26.4 Å². The highest BCUT2D eigenvalue weighted by Crippen LogP contribution is 2.29. The van der Waals surface area contributed by atoms with E-state index in [1.54, 1.807) is 23.5 Å². The molecule has 0 radical (unpaired) electrons.